The summed E-state index contributed by atoms with van der Waals surface area (Å²) in [6.45, 7) is 1.43. The van der Waals surface area contributed by atoms with Crippen molar-refractivity contribution in [1.82, 2.24) is 4.90 Å². The Hall–Kier alpha value is -0.860. The number of nitrogens with two attached hydrogens (primary N) is 1. The van der Waals surface area contributed by atoms with Gasteiger partial charge in [-0.3, -0.25) is 4.90 Å². The van der Waals surface area contributed by atoms with E-state index in [0.29, 0.717) is 18.6 Å². The lowest BCUT2D eigenvalue weighted by Crippen LogP contribution is -2.43. The van der Waals surface area contributed by atoms with Gasteiger partial charge in [-0.05, 0) is 37.8 Å². The van der Waals surface area contributed by atoms with Crippen molar-refractivity contribution in [2.45, 2.75) is 50.4 Å². The molecule has 4 heteroatoms. The van der Waals surface area contributed by atoms with Crippen LogP contribution in [0.2, 0.25) is 0 Å². The monoisotopic (exact) mass is 276 g/mol. The molecule has 3 N–H and O–H groups in total. The van der Waals surface area contributed by atoms with Crippen molar-refractivity contribution in [3.05, 3.63) is 21.9 Å². The third kappa shape index (κ3) is 2.85. The van der Waals surface area contributed by atoms with Crippen LogP contribution in [-0.4, -0.2) is 34.7 Å². The third-order valence-corrected chi connectivity index (χ3v) is 5.16. The minimum atomic E-state index is -0.0805. The fourth-order valence-corrected chi connectivity index (χ4v) is 4.24. The highest BCUT2D eigenvalue weighted by Gasteiger charge is 2.39. The smallest absolute Gasteiger partial charge is 0.0772 e. The minimum absolute atomic E-state index is 0.0805. The van der Waals surface area contributed by atoms with Gasteiger partial charge in [0.05, 0.1) is 17.5 Å². The number of fused-ring (bicyclic) bond motifs is 2. The fraction of sp³-hybridized carbons (Fsp3) is 0.600. The van der Waals surface area contributed by atoms with E-state index in [-0.39, 0.29) is 6.10 Å². The first-order valence-electron chi connectivity index (χ1n) is 6.97. The molecule has 0 saturated carbocycles. The largest absolute Gasteiger partial charge is 0.393 e. The second-order valence-electron chi connectivity index (χ2n) is 5.45. The van der Waals surface area contributed by atoms with Crippen molar-refractivity contribution in [3.63, 3.8) is 0 Å². The number of aliphatic hydroxyl groups excluding tert-OH is 1. The topological polar surface area (TPSA) is 49.5 Å². The van der Waals surface area contributed by atoms with Crippen LogP contribution in [-0.2, 0) is 6.54 Å². The van der Waals surface area contributed by atoms with Crippen molar-refractivity contribution in [2.24, 2.45) is 5.73 Å². The number of rotatable bonds is 2. The Kier molecular flexibility index (Phi) is 3.90. The lowest BCUT2D eigenvalue weighted by molar-refractivity contribution is 0.0316. The average Bonchev–Trinajstić information content (AvgIpc) is 2.92. The Morgan fingerprint density at radius 3 is 2.74 bits per heavy atom. The summed E-state index contributed by atoms with van der Waals surface area (Å²) in [4.78, 5) is 5.05. The van der Waals surface area contributed by atoms with E-state index in [1.807, 2.05) is 0 Å². The molecule has 2 aliphatic rings. The van der Waals surface area contributed by atoms with Crippen molar-refractivity contribution in [1.29, 1.82) is 0 Å². The molecule has 2 saturated heterocycles. The molecule has 102 valence electrons. The number of aliphatic hydroxyl groups is 1. The van der Waals surface area contributed by atoms with Crippen molar-refractivity contribution in [3.8, 4) is 11.8 Å². The predicted octanol–water partition coefficient (Wildman–Crippen LogP) is 1.55. The molecule has 0 spiro atoms. The van der Waals surface area contributed by atoms with E-state index in [2.05, 4.69) is 28.9 Å². The first-order chi connectivity index (χ1) is 9.26. The Morgan fingerprint density at radius 2 is 2.05 bits per heavy atom. The maximum absolute atomic E-state index is 9.82. The number of hydrogen-bond donors (Lipinski definition) is 2. The summed E-state index contributed by atoms with van der Waals surface area (Å²) in [7, 11) is 0. The van der Waals surface area contributed by atoms with E-state index < -0.39 is 0 Å². The Morgan fingerprint density at radius 1 is 1.32 bits per heavy atom. The SMILES string of the molecule is NCC#Cc1ccc(CN2C3CCC2CC(O)C3)s1. The first kappa shape index (κ1) is 13.1. The lowest BCUT2D eigenvalue weighted by atomic mass is 10.00. The first-order valence-corrected chi connectivity index (χ1v) is 7.79. The molecule has 2 fully saturated rings. The quantitative estimate of drug-likeness (QED) is 0.806. The maximum atomic E-state index is 9.82. The van der Waals surface area contributed by atoms with Crippen LogP contribution in [0.25, 0.3) is 0 Å². The molecule has 0 amide bonds. The molecule has 3 heterocycles. The van der Waals surface area contributed by atoms with Gasteiger partial charge in [-0.25, -0.2) is 0 Å². The summed E-state index contributed by atoms with van der Waals surface area (Å²) in [5.41, 5.74) is 5.39. The zero-order valence-corrected chi connectivity index (χ0v) is 11.8. The van der Waals surface area contributed by atoms with Crippen molar-refractivity contribution in [2.75, 3.05) is 6.54 Å². The third-order valence-electron chi connectivity index (χ3n) is 4.17. The molecule has 2 unspecified atom stereocenters. The predicted molar refractivity (Wildman–Crippen MR) is 77.8 cm³/mol. The van der Waals surface area contributed by atoms with Gasteiger partial charge in [-0.1, -0.05) is 11.8 Å². The van der Waals surface area contributed by atoms with E-state index in [0.717, 1.165) is 24.3 Å². The van der Waals surface area contributed by atoms with Gasteiger partial charge in [0.15, 0.2) is 0 Å². The zero-order chi connectivity index (χ0) is 13.2. The second kappa shape index (κ2) is 5.64. The van der Waals surface area contributed by atoms with Crippen LogP contribution >= 0.6 is 11.3 Å². The maximum Gasteiger partial charge on any atom is 0.0772 e. The molecule has 2 atom stereocenters. The highest BCUT2D eigenvalue weighted by atomic mass is 32.1. The van der Waals surface area contributed by atoms with Gasteiger partial charge in [-0.15, -0.1) is 11.3 Å². The second-order valence-corrected chi connectivity index (χ2v) is 6.62. The molecular weight excluding hydrogens is 256 g/mol. The van der Waals surface area contributed by atoms with Crippen LogP contribution in [0, 0.1) is 11.8 Å². The number of nitrogens with zero attached hydrogens (tertiary/aromatic N) is 1. The summed E-state index contributed by atoms with van der Waals surface area (Å²) >= 11 is 1.77. The van der Waals surface area contributed by atoms with Gasteiger partial charge in [0, 0.05) is 23.5 Å². The standard InChI is InChI=1S/C15H20N2OS/c16-7-1-2-14-5-6-15(19-14)10-17-11-3-4-12(17)9-13(18)8-11/h5-6,11-13,18H,3-4,7-10,16H2. The zero-order valence-electron chi connectivity index (χ0n) is 11.0. The average molecular weight is 276 g/mol. The molecule has 19 heavy (non-hydrogen) atoms. The molecule has 0 aliphatic carbocycles. The Balaban J connectivity index is 1.67. The molecule has 1 aromatic rings. The van der Waals surface area contributed by atoms with Crippen molar-refractivity contribution < 1.29 is 5.11 Å². The Bertz CT molecular complexity index is 488. The van der Waals surface area contributed by atoms with E-state index in [1.54, 1.807) is 11.3 Å². The summed E-state index contributed by atoms with van der Waals surface area (Å²) in [5, 5.41) is 9.82. The lowest BCUT2D eigenvalue weighted by Gasteiger charge is -2.36. The Labute approximate surface area is 118 Å². The molecule has 3 nitrogen and oxygen atoms in total. The van der Waals surface area contributed by atoms with Crippen LogP contribution in [0.3, 0.4) is 0 Å². The number of piperidine rings is 1. The van der Waals surface area contributed by atoms with Gasteiger partial charge in [0.2, 0.25) is 0 Å². The van der Waals surface area contributed by atoms with E-state index in [1.165, 1.54) is 17.7 Å². The highest BCUT2D eigenvalue weighted by molar-refractivity contribution is 7.12. The van der Waals surface area contributed by atoms with Crippen LogP contribution in [0.4, 0.5) is 0 Å². The minimum Gasteiger partial charge on any atom is -0.393 e. The van der Waals surface area contributed by atoms with Gasteiger partial charge >= 0.3 is 0 Å². The van der Waals surface area contributed by atoms with E-state index >= 15 is 0 Å². The van der Waals surface area contributed by atoms with Crippen molar-refractivity contribution >= 4 is 11.3 Å². The highest BCUT2D eigenvalue weighted by Crippen LogP contribution is 2.37. The molecule has 2 aliphatic heterocycles. The number of thiophene rings is 1. The van der Waals surface area contributed by atoms with Crippen LogP contribution in [0.1, 0.15) is 35.4 Å². The van der Waals surface area contributed by atoms with Gasteiger partial charge < -0.3 is 10.8 Å². The molecule has 2 bridgehead atoms. The molecule has 1 aromatic heterocycles. The fourth-order valence-electron chi connectivity index (χ4n) is 3.35. The molecule has 0 aromatic carbocycles. The van der Waals surface area contributed by atoms with E-state index in [4.69, 9.17) is 5.73 Å². The molecular formula is C15H20N2OS. The summed E-state index contributed by atoms with van der Waals surface area (Å²) in [6, 6.07) is 5.42. The van der Waals surface area contributed by atoms with E-state index in [9.17, 15) is 5.11 Å². The van der Waals surface area contributed by atoms with Crippen LogP contribution in [0.15, 0.2) is 12.1 Å². The van der Waals surface area contributed by atoms with Crippen LogP contribution in [0.5, 0.6) is 0 Å². The van der Waals surface area contributed by atoms with Gasteiger partial charge in [-0.2, -0.15) is 0 Å². The van der Waals surface area contributed by atoms with Crippen LogP contribution < -0.4 is 5.73 Å². The summed E-state index contributed by atoms with van der Waals surface area (Å²) in [6.07, 6.45) is 4.30. The summed E-state index contributed by atoms with van der Waals surface area (Å²) in [5.74, 6) is 5.99. The van der Waals surface area contributed by atoms with Gasteiger partial charge in [0.25, 0.3) is 0 Å². The normalized spacial score (nSPS) is 30.1. The molecule has 0 radical (unpaired) electrons. The summed E-state index contributed by atoms with van der Waals surface area (Å²) < 4.78 is 0. The van der Waals surface area contributed by atoms with Gasteiger partial charge in [0.1, 0.15) is 0 Å². The number of hydrogen-bond acceptors (Lipinski definition) is 4. The molecule has 3 rings (SSSR count).